The lowest BCUT2D eigenvalue weighted by atomic mass is 10.1. The summed E-state index contributed by atoms with van der Waals surface area (Å²) < 4.78 is 19.8. The van der Waals surface area contributed by atoms with Crippen molar-refractivity contribution in [2.24, 2.45) is 0 Å². The first-order valence-corrected chi connectivity index (χ1v) is 7.23. The number of furan rings is 1. The van der Waals surface area contributed by atoms with Crippen molar-refractivity contribution in [3.8, 4) is 11.3 Å². The Labute approximate surface area is 121 Å². The second-order valence-corrected chi connectivity index (χ2v) is 5.20. The Kier molecular flexibility index (Phi) is 4.77. The fourth-order valence-electron chi connectivity index (χ4n) is 2.04. The molecule has 1 heterocycles. The normalized spacial score (nSPS) is 12.6. The molecule has 102 valence electrons. The molecule has 2 nitrogen and oxygen atoms in total. The summed E-state index contributed by atoms with van der Waals surface area (Å²) in [4.78, 5) is 0. The van der Waals surface area contributed by atoms with Crippen molar-refractivity contribution in [2.45, 2.75) is 26.3 Å². The lowest BCUT2D eigenvalue weighted by molar-refractivity contribution is 0.417. The second-order valence-electron chi connectivity index (χ2n) is 4.35. The van der Waals surface area contributed by atoms with Crippen LogP contribution >= 0.6 is 15.9 Å². The van der Waals surface area contributed by atoms with Crippen LogP contribution in [0, 0.1) is 5.82 Å². The molecule has 2 aromatic rings. The fourth-order valence-corrected chi connectivity index (χ4v) is 2.28. The molecule has 4 heteroatoms. The first-order chi connectivity index (χ1) is 9.15. The first kappa shape index (κ1) is 14.3. The minimum absolute atomic E-state index is 0.207. The van der Waals surface area contributed by atoms with E-state index < -0.39 is 0 Å². The molecule has 0 saturated heterocycles. The fraction of sp³-hybridized carbons (Fsp3) is 0.333. The summed E-state index contributed by atoms with van der Waals surface area (Å²) >= 11 is 3.15. The first-order valence-electron chi connectivity index (χ1n) is 6.44. The van der Waals surface area contributed by atoms with Gasteiger partial charge in [0.05, 0.1) is 10.5 Å². The number of hydrogen-bond acceptors (Lipinski definition) is 2. The van der Waals surface area contributed by atoms with Gasteiger partial charge in [0.1, 0.15) is 17.3 Å². The van der Waals surface area contributed by atoms with Crippen LogP contribution in [0.25, 0.3) is 11.3 Å². The van der Waals surface area contributed by atoms with Crippen LogP contribution in [0.15, 0.2) is 39.2 Å². The highest BCUT2D eigenvalue weighted by Gasteiger charge is 2.13. The highest BCUT2D eigenvalue weighted by Crippen LogP contribution is 2.28. The van der Waals surface area contributed by atoms with E-state index in [1.54, 1.807) is 6.07 Å². The average molecular weight is 326 g/mol. The molecule has 0 radical (unpaired) electrons. The van der Waals surface area contributed by atoms with Gasteiger partial charge in [-0.15, -0.1) is 0 Å². The zero-order valence-electron chi connectivity index (χ0n) is 11.0. The molecule has 0 bridgehead atoms. The molecular formula is C15H17BrFNO. The van der Waals surface area contributed by atoms with Gasteiger partial charge in [-0.05, 0) is 59.2 Å². The van der Waals surface area contributed by atoms with Gasteiger partial charge in [0.2, 0.25) is 0 Å². The molecule has 0 fully saturated rings. The van der Waals surface area contributed by atoms with E-state index in [-0.39, 0.29) is 11.9 Å². The molecule has 0 aliphatic rings. The molecule has 2 rings (SSSR count). The maximum Gasteiger partial charge on any atom is 0.138 e. The van der Waals surface area contributed by atoms with Crippen LogP contribution in [-0.2, 0) is 0 Å². The molecule has 0 aliphatic carbocycles. The van der Waals surface area contributed by atoms with Crippen LogP contribution in [0.3, 0.4) is 0 Å². The molecule has 0 amide bonds. The third-order valence-electron chi connectivity index (χ3n) is 3.03. The third kappa shape index (κ3) is 3.25. The molecular weight excluding hydrogens is 309 g/mol. The molecule has 1 unspecified atom stereocenters. The molecule has 0 aliphatic heterocycles. The Morgan fingerprint density at radius 3 is 2.68 bits per heavy atom. The Bertz CT molecular complexity index is 553. The molecule has 1 N–H and O–H groups in total. The highest BCUT2D eigenvalue weighted by atomic mass is 79.9. The maximum absolute atomic E-state index is 13.5. The number of benzene rings is 1. The third-order valence-corrected chi connectivity index (χ3v) is 3.68. The van der Waals surface area contributed by atoms with Gasteiger partial charge in [-0.3, -0.25) is 0 Å². The smallest absolute Gasteiger partial charge is 0.138 e. The number of nitrogens with one attached hydrogen (secondary N) is 1. The van der Waals surface area contributed by atoms with Gasteiger partial charge in [0, 0.05) is 5.56 Å². The average Bonchev–Trinajstić information content (AvgIpc) is 2.88. The van der Waals surface area contributed by atoms with Gasteiger partial charge in [0.25, 0.3) is 0 Å². The SMILES string of the molecule is CCNC(CC)c1ccc(-c2ccc(Br)c(F)c2)o1. The Hall–Kier alpha value is -1.13. The summed E-state index contributed by atoms with van der Waals surface area (Å²) in [6, 6.07) is 9.04. The monoisotopic (exact) mass is 325 g/mol. The molecule has 0 saturated carbocycles. The summed E-state index contributed by atoms with van der Waals surface area (Å²) in [6.45, 7) is 5.06. The molecule has 1 aromatic carbocycles. The van der Waals surface area contributed by atoms with E-state index in [4.69, 9.17) is 4.42 Å². The zero-order valence-corrected chi connectivity index (χ0v) is 12.6. The number of hydrogen-bond donors (Lipinski definition) is 1. The van der Waals surface area contributed by atoms with E-state index in [9.17, 15) is 4.39 Å². The van der Waals surface area contributed by atoms with E-state index in [0.29, 0.717) is 10.2 Å². The summed E-state index contributed by atoms with van der Waals surface area (Å²) in [7, 11) is 0. The van der Waals surface area contributed by atoms with E-state index in [1.165, 1.54) is 6.07 Å². The highest BCUT2D eigenvalue weighted by molar-refractivity contribution is 9.10. The number of halogens is 2. The zero-order chi connectivity index (χ0) is 13.8. The standard InChI is InChI=1S/C15H17BrFNO/c1-3-13(18-4-2)15-8-7-14(19-15)10-5-6-11(16)12(17)9-10/h5-9,13,18H,3-4H2,1-2H3. The molecule has 1 aromatic heterocycles. The van der Waals surface area contributed by atoms with Gasteiger partial charge >= 0.3 is 0 Å². The summed E-state index contributed by atoms with van der Waals surface area (Å²) in [6.07, 6.45) is 0.954. The lowest BCUT2D eigenvalue weighted by Gasteiger charge is -2.12. The van der Waals surface area contributed by atoms with Gasteiger partial charge in [0.15, 0.2) is 0 Å². The Morgan fingerprint density at radius 2 is 2.05 bits per heavy atom. The summed E-state index contributed by atoms with van der Waals surface area (Å²) in [5.74, 6) is 1.30. The molecule has 19 heavy (non-hydrogen) atoms. The van der Waals surface area contributed by atoms with Crippen molar-refractivity contribution >= 4 is 15.9 Å². The van der Waals surface area contributed by atoms with Gasteiger partial charge < -0.3 is 9.73 Å². The minimum Gasteiger partial charge on any atom is -0.459 e. The van der Waals surface area contributed by atoms with Crippen molar-refractivity contribution in [3.05, 3.63) is 46.4 Å². The Morgan fingerprint density at radius 1 is 1.26 bits per heavy atom. The quantitative estimate of drug-likeness (QED) is 0.845. The predicted molar refractivity (Wildman–Crippen MR) is 78.5 cm³/mol. The van der Waals surface area contributed by atoms with E-state index >= 15 is 0 Å². The van der Waals surface area contributed by atoms with Crippen LogP contribution in [-0.4, -0.2) is 6.54 Å². The lowest BCUT2D eigenvalue weighted by Crippen LogP contribution is -2.19. The second kappa shape index (κ2) is 6.35. The Balaban J connectivity index is 2.27. The van der Waals surface area contributed by atoms with Gasteiger partial charge in [-0.2, -0.15) is 0 Å². The summed E-state index contributed by atoms with van der Waals surface area (Å²) in [5.41, 5.74) is 0.748. The van der Waals surface area contributed by atoms with Crippen molar-refractivity contribution in [3.63, 3.8) is 0 Å². The van der Waals surface area contributed by atoms with Crippen LogP contribution in [0.5, 0.6) is 0 Å². The van der Waals surface area contributed by atoms with E-state index in [1.807, 2.05) is 18.2 Å². The van der Waals surface area contributed by atoms with Crippen LogP contribution < -0.4 is 5.32 Å². The predicted octanol–water partition coefficient (Wildman–Crippen LogP) is 4.91. The van der Waals surface area contributed by atoms with Gasteiger partial charge in [-0.25, -0.2) is 4.39 Å². The maximum atomic E-state index is 13.5. The summed E-state index contributed by atoms with van der Waals surface area (Å²) in [5, 5.41) is 3.36. The van der Waals surface area contributed by atoms with Crippen LogP contribution in [0.1, 0.15) is 32.1 Å². The van der Waals surface area contributed by atoms with Crippen molar-refractivity contribution in [2.75, 3.05) is 6.54 Å². The molecule has 1 atom stereocenters. The van der Waals surface area contributed by atoms with E-state index in [2.05, 4.69) is 35.1 Å². The van der Waals surface area contributed by atoms with Gasteiger partial charge in [-0.1, -0.05) is 13.8 Å². The number of rotatable bonds is 5. The molecule has 0 spiro atoms. The minimum atomic E-state index is -0.283. The van der Waals surface area contributed by atoms with Crippen molar-refractivity contribution < 1.29 is 8.81 Å². The van der Waals surface area contributed by atoms with Crippen LogP contribution in [0.2, 0.25) is 0 Å². The van der Waals surface area contributed by atoms with Crippen LogP contribution in [0.4, 0.5) is 4.39 Å². The topological polar surface area (TPSA) is 25.2 Å². The van der Waals surface area contributed by atoms with E-state index in [0.717, 1.165) is 24.3 Å². The largest absolute Gasteiger partial charge is 0.459 e. The van der Waals surface area contributed by atoms with Crippen molar-refractivity contribution in [1.29, 1.82) is 0 Å². The van der Waals surface area contributed by atoms with Crippen molar-refractivity contribution in [1.82, 2.24) is 5.32 Å².